The van der Waals surface area contributed by atoms with E-state index in [4.69, 9.17) is 9.15 Å². The topological polar surface area (TPSA) is 97.0 Å². The third kappa shape index (κ3) is 3.62. The van der Waals surface area contributed by atoms with Crippen LogP contribution in [0.4, 0.5) is 0 Å². The number of benzene rings is 1. The molecule has 7 nitrogen and oxygen atoms in total. The molecule has 0 saturated carbocycles. The highest BCUT2D eigenvalue weighted by Gasteiger charge is 2.29. The van der Waals surface area contributed by atoms with E-state index in [0.29, 0.717) is 24.0 Å². The monoisotopic (exact) mass is 367 g/mol. The summed E-state index contributed by atoms with van der Waals surface area (Å²) in [6.45, 7) is 0.810. The summed E-state index contributed by atoms with van der Waals surface area (Å²) in [6.07, 6.45) is 2.39. The van der Waals surface area contributed by atoms with Crippen LogP contribution >= 0.6 is 0 Å². The third-order valence-corrected chi connectivity index (χ3v) is 6.30. The van der Waals surface area contributed by atoms with Crippen LogP contribution in [0.2, 0.25) is 0 Å². The number of sulfonamides is 1. The zero-order chi connectivity index (χ0) is 18.0. The molecule has 0 radical (unpaired) electrons. The van der Waals surface area contributed by atoms with E-state index in [1.807, 2.05) is 0 Å². The van der Waals surface area contributed by atoms with Crippen LogP contribution in [0.15, 0.2) is 38.4 Å². The van der Waals surface area contributed by atoms with Gasteiger partial charge < -0.3 is 14.3 Å². The molecule has 2 heterocycles. The zero-order valence-corrected chi connectivity index (χ0v) is 14.8. The van der Waals surface area contributed by atoms with Crippen molar-refractivity contribution in [1.29, 1.82) is 0 Å². The van der Waals surface area contributed by atoms with Crippen molar-refractivity contribution in [2.45, 2.75) is 36.9 Å². The van der Waals surface area contributed by atoms with Gasteiger partial charge in [0.1, 0.15) is 5.58 Å². The second-order valence-corrected chi connectivity index (χ2v) is 8.01. The van der Waals surface area contributed by atoms with Crippen molar-refractivity contribution in [3.05, 3.63) is 40.2 Å². The molecule has 0 amide bonds. The average molecular weight is 367 g/mol. The van der Waals surface area contributed by atoms with Crippen LogP contribution in [0.5, 0.6) is 0 Å². The van der Waals surface area contributed by atoms with Gasteiger partial charge in [0, 0.05) is 31.1 Å². The maximum atomic E-state index is 12.9. The maximum absolute atomic E-state index is 12.9. The standard InChI is InChI=1S/C17H21NO6S/c1-23-16(19)12-6-7-14-13(10-12)11-15(17(20)24-14)25(21,22)18-8-4-2-3-5-9-18/h6-7,10-11,16,19H,2-5,8-9H2,1H3. The summed E-state index contributed by atoms with van der Waals surface area (Å²) in [4.78, 5) is 11.9. The molecule has 2 aromatic rings. The Balaban J connectivity index is 2.08. The predicted molar refractivity (Wildman–Crippen MR) is 91.7 cm³/mol. The SMILES string of the molecule is COC(O)c1ccc2oc(=O)c(S(=O)(=O)N3CCCCCC3)cc2c1. The Kier molecular flexibility index (Phi) is 5.24. The summed E-state index contributed by atoms with van der Waals surface area (Å²) in [5.41, 5.74) is -0.175. The number of rotatable bonds is 4. The Labute approximate surface area is 145 Å². The molecule has 1 saturated heterocycles. The largest absolute Gasteiger partial charge is 0.422 e. The Hall–Kier alpha value is -1.74. The van der Waals surface area contributed by atoms with Crippen molar-refractivity contribution in [2.24, 2.45) is 0 Å². The van der Waals surface area contributed by atoms with Gasteiger partial charge in [-0.2, -0.15) is 4.31 Å². The highest BCUT2D eigenvalue weighted by molar-refractivity contribution is 7.89. The minimum atomic E-state index is -3.91. The molecule has 1 aliphatic heterocycles. The highest BCUT2D eigenvalue weighted by Crippen LogP contribution is 2.24. The number of aliphatic hydroxyl groups is 1. The molecule has 1 fully saturated rings. The molecular formula is C17H21NO6S. The van der Waals surface area contributed by atoms with Crippen LogP contribution in [0.25, 0.3) is 11.0 Å². The number of fused-ring (bicyclic) bond motifs is 1. The van der Waals surface area contributed by atoms with Gasteiger partial charge in [-0.1, -0.05) is 18.9 Å². The van der Waals surface area contributed by atoms with Crippen molar-refractivity contribution in [2.75, 3.05) is 20.2 Å². The fourth-order valence-electron chi connectivity index (χ4n) is 3.01. The lowest BCUT2D eigenvalue weighted by Crippen LogP contribution is -2.34. The van der Waals surface area contributed by atoms with Gasteiger partial charge in [-0.05, 0) is 31.0 Å². The summed E-state index contributed by atoms with van der Waals surface area (Å²) in [7, 11) is -2.56. The molecule has 0 aliphatic carbocycles. The Morgan fingerprint density at radius 3 is 2.48 bits per heavy atom. The van der Waals surface area contributed by atoms with Crippen molar-refractivity contribution in [1.82, 2.24) is 4.31 Å². The molecule has 1 aliphatic rings. The van der Waals surface area contributed by atoms with Crippen LogP contribution in [-0.2, 0) is 14.8 Å². The van der Waals surface area contributed by atoms with Crippen molar-refractivity contribution >= 4 is 21.0 Å². The summed E-state index contributed by atoms with van der Waals surface area (Å²) in [6, 6.07) is 5.93. The van der Waals surface area contributed by atoms with Crippen LogP contribution < -0.4 is 5.63 Å². The molecule has 1 N–H and O–H groups in total. The molecule has 1 aromatic carbocycles. The van der Waals surface area contributed by atoms with Crippen LogP contribution in [0, 0.1) is 0 Å². The maximum Gasteiger partial charge on any atom is 0.356 e. The van der Waals surface area contributed by atoms with E-state index in [2.05, 4.69) is 0 Å². The third-order valence-electron chi connectivity index (χ3n) is 4.42. The van der Waals surface area contributed by atoms with Crippen LogP contribution in [0.1, 0.15) is 37.5 Å². The van der Waals surface area contributed by atoms with E-state index in [0.717, 1.165) is 25.7 Å². The number of hydrogen-bond donors (Lipinski definition) is 1. The van der Waals surface area contributed by atoms with E-state index >= 15 is 0 Å². The smallest absolute Gasteiger partial charge is 0.356 e. The second-order valence-electron chi connectivity index (χ2n) is 6.10. The number of aliphatic hydroxyl groups excluding tert-OH is 1. The average Bonchev–Trinajstić information content (AvgIpc) is 2.90. The Morgan fingerprint density at radius 2 is 1.84 bits per heavy atom. The van der Waals surface area contributed by atoms with Crippen molar-refractivity contribution < 1.29 is 22.7 Å². The van der Waals surface area contributed by atoms with Gasteiger partial charge in [-0.3, -0.25) is 0 Å². The van der Waals surface area contributed by atoms with Gasteiger partial charge in [0.2, 0.25) is 10.0 Å². The second kappa shape index (κ2) is 7.25. The first-order valence-electron chi connectivity index (χ1n) is 8.22. The molecule has 0 spiro atoms. The lowest BCUT2D eigenvalue weighted by atomic mass is 10.1. The summed E-state index contributed by atoms with van der Waals surface area (Å²) >= 11 is 0. The lowest BCUT2D eigenvalue weighted by molar-refractivity contribution is -0.0768. The predicted octanol–water partition coefficient (Wildman–Crippen LogP) is 2.00. The zero-order valence-electron chi connectivity index (χ0n) is 14.0. The lowest BCUT2D eigenvalue weighted by Gasteiger charge is -2.19. The van der Waals surface area contributed by atoms with Gasteiger partial charge in [0.15, 0.2) is 11.2 Å². The molecule has 136 valence electrons. The van der Waals surface area contributed by atoms with Gasteiger partial charge in [0.25, 0.3) is 0 Å². The summed E-state index contributed by atoms with van der Waals surface area (Å²) in [5.74, 6) is 0. The first kappa shape index (κ1) is 18.1. The first-order chi connectivity index (χ1) is 11.9. The molecular weight excluding hydrogens is 346 g/mol. The van der Waals surface area contributed by atoms with E-state index in [1.54, 1.807) is 12.1 Å². The van der Waals surface area contributed by atoms with Crippen molar-refractivity contribution in [3.8, 4) is 0 Å². The molecule has 1 unspecified atom stereocenters. The highest BCUT2D eigenvalue weighted by atomic mass is 32.2. The van der Waals surface area contributed by atoms with Gasteiger partial charge >= 0.3 is 5.63 Å². The Morgan fingerprint density at radius 1 is 1.16 bits per heavy atom. The minimum absolute atomic E-state index is 0.256. The molecule has 1 atom stereocenters. The van der Waals surface area contributed by atoms with Crippen LogP contribution in [0.3, 0.4) is 0 Å². The fourth-order valence-corrected chi connectivity index (χ4v) is 4.56. The summed E-state index contributed by atoms with van der Waals surface area (Å²) in [5, 5.41) is 10.2. The molecule has 0 bridgehead atoms. The summed E-state index contributed by atoms with van der Waals surface area (Å²) < 4.78 is 37.1. The Bertz CT molecular complexity index is 912. The molecule has 1 aromatic heterocycles. The van der Waals surface area contributed by atoms with E-state index < -0.39 is 21.9 Å². The fraction of sp³-hybridized carbons (Fsp3) is 0.471. The van der Waals surface area contributed by atoms with E-state index in [1.165, 1.54) is 23.5 Å². The normalized spacial score (nSPS) is 18.2. The van der Waals surface area contributed by atoms with E-state index in [9.17, 15) is 18.3 Å². The van der Waals surface area contributed by atoms with E-state index in [-0.39, 0.29) is 10.5 Å². The van der Waals surface area contributed by atoms with Crippen molar-refractivity contribution in [3.63, 3.8) is 0 Å². The molecule has 25 heavy (non-hydrogen) atoms. The first-order valence-corrected chi connectivity index (χ1v) is 9.66. The number of methoxy groups -OCH3 is 1. The quantitative estimate of drug-likeness (QED) is 0.656. The molecule has 3 rings (SSSR count). The number of hydrogen-bond acceptors (Lipinski definition) is 6. The van der Waals surface area contributed by atoms with Crippen LogP contribution in [-0.4, -0.2) is 38.0 Å². The minimum Gasteiger partial charge on any atom is -0.422 e. The molecule has 8 heteroatoms. The number of ether oxygens (including phenoxy) is 1. The number of nitrogens with zero attached hydrogens (tertiary/aromatic N) is 1. The van der Waals surface area contributed by atoms with Gasteiger partial charge in [-0.15, -0.1) is 0 Å². The van der Waals surface area contributed by atoms with Gasteiger partial charge in [0.05, 0.1) is 0 Å². The van der Waals surface area contributed by atoms with Gasteiger partial charge in [-0.25, -0.2) is 13.2 Å².